The van der Waals surface area contributed by atoms with Gasteiger partial charge in [-0.2, -0.15) is 0 Å². The molecular formula is C19H17BrN2O4. The molecule has 1 saturated heterocycles. The summed E-state index contributed by atoms with van der Waals surface area (Å²) in [7, 11) is 1.33. The van der Waals surface area contributed by atoms with Crippen LogP contribution in [0.5, 0.6) is 5.75 Å². The fourth-order valence-corrected chi connectivity index (χ4v) is 3.98. The van der Waals surface area contributed by atoms with Crippen LogP contribution in [-0.2, 0) is 4.74 Å². The molecule has 6 nitrogen and oxygen atoms in total. The minimum absolute atomic E-state index is 0.112. The highest BCUT2D eigenvalue weighted by molar-refractivity contribution is 9.10. The molecule has 2 atom stereocenters. The number of fused-ring (bicyclic) bond motifs is 4. The van der Waals surface area contributed by atoms with Gasteiger partial charge in [0.1, 0.15) is 5.75 Å². The molecule has 0 spiro atoms. The molecule has 0 radical (unpaired) electrons. The van der Waals surface area contributed by atoms with Crippen LogP contribution >= 0.6 is 15.9 Å². The van der Waals surface area contributed by atoms with E-state index in [-0.39, 0.29) is 12.1 Å². The van der Waals surface area contributed by atoms with E-state index < -0.39 is 11.7 Å². The lowest BCUT2D eigenvalue weighted by Crippen LogP contribution is -2.65. The Morgan fingerprint density at radius 3 is 2.73 bits per heavy atom. The lowest BCUT2D eigenvalue weighted by atomic mass is 9.90. The molecule has 1 fully saturated rings. The predicted octanol–water partition coefficient (Wildman–Crippen LogP) is 4.01. The Kier molecular flexibility index (Phi) is 3.91. The van der Waals surface area contributed by atoms with Crippen LogP contribution in [0.15, 0.2) is 46.9 Å². The van der Waals surface area contributed by atoms with E-state index in [2.05, 4.69) is 21.2 Å². The van der Waals surface area contributed by atoms with E-state index in [1.54, 1.807) is 29.2 Å². The molecule has 2 unspecified atom stereocenters. The molecule has 2 bridgehead atoms. The molecule has 1 N–H and O–H groups in total. The maximum absolute atomic E-state index is 12.8. The summed E-state index contributed by atoms with van der Waals surface area (Å²) in [5.41, 5.74) is 1.22. The third-order valence-electron chi connectivity index (χ3n) is 4.78. The lowest BCUT2D eigenvalue weighted by molar-refractivity contribution is 0.0378. The number of hydrogen-bond donors (Lipinski definition) is 1. The molecular weight excluding hydrogens is 400 g/mol. The van der Waals surface area contributed by atoms with Crippen LogP contribution in [0.3, 0.4) is 0 Å². The Morgan fingerprint density at radius 1 is 1.31 bits per heavy atom. The molecule has 0 saturated carbocycles. The standard InChI is InChI=1S/C19H17BrN2O4/c1-19-10-15(14-9-12(20)5-8-16(14)26-19)21-18(24)22(19)13-6-3-11(4-7-13)17(23)25-2/h3-9,15H,10H2,1-2H3,(H,21,24). The van der Waals surface area contributed by atoms with Crippen molar-refractivity contribution in [2.75, 3.05) is 12.0 Å². The highest BCUT2D eigenvalue weighted by atomic mass is 79.9. The van der Waals surface area contributed by atoms with Crippen LogP contribution in [-0.4, -0.2) is 24.8 Å². The summed E-state index contributed by atoms with van der Waals surface area (Å²) in [6, 6.07) is 12.2. The highest BCUT2D eigenvalue weighted by Crippen LogP contribution is 2.46. The zero-order valence-corrected chi connectivity index (χ0v) is 15.9. The Labute approximate surface area is 159 Å². The van der Waals surface area contributed by atoms with E-state index in [0.29, 0.717) is 17.7 Å². The third kappa shape index (κ3) is 2.63. The van der Waals surface area contributed by atoms with Crippen molar-refractivity contribution in [1.29, 1.82) is 0 Å². The molecule has 2 aliphatic heterocycles. The molecule has 2 aromatic carbocycles. The van der Waals surface area contributed by atoms with Gasteiger partial charge in [-0.1, -0.05) is 15.9 Å². The Morgan fingerprint density at radius 2 is 2.04 bits per heavy atom. The van der Waals surface area contributed by atoms with Gasteiger partial charge >= 0.3 is 12.0 Å². The minimum Gasteiger partial charge on any atom is -0.467 e. The van der Waals surface area contributed by atoms with E-state index in [4.69, 9.17) is 9.47 Å². The summed E-state index contributed by atoms with van der Waals surface area (Å²) in [5, 5.41) is 3.05. The van der Waals surface area contributed by atoms with Crippen molar-refractivity contribution in [1.82, 2.24) is 5.32 Å². The SMILES string of the molecule is COC(=O)c1ccc(N2C(=O)NC3CC2(C)Oc2ccc(Br)cc23)cc1. The molecule has 0 aromatic heterocycles. The van der Waals surface area contributed by atoms with Gasteiger partial charge in [0.25, 0.3) is 0 Å². The van der Waals surface area contributed by atoms with Crippen molar-refractivity contribution in [3.05, 3.63) is 58.1 Å². The second-order valence-electron chi connectivity index (χ2n) is 6.54. The van der Waals surface area contributed by atoms with Crippen LogP contribution < -0.4 is 15.0 Å². The number of esters is 1. The number of benzene rings is 2. The number of urea groups is 1. The summed E-state index contributed by atoms with van der Waals surface area (Å²) in [6.45, 7) is 1.90. The molecule has 2 heterocycles. The van der Waals surface area contributed by atoms with Crippen molar-refractivity contribution >= 4 is 33.6 Å². The molecule has 7 heteroatoms. The number of carbonyl (C=O) groups excluding carboxylic acids is 2. The third-order valence-corrected chi connectivity index (χ3v) is 5.27. The van der Waals surface area contributed by atoms with Crippen LogP contribution in [0.4, 0.5) is 10.5 Å². The Hall–Kier alpha value is -2.54. The average molecular weight is 417 g/mol. The number of rotatable bonds is 2. The zero-order chi connectivity index (χ0) is 18.5. The normalized spacial score (nSPS) is 23.6. The number of anilines is 1. The summed E-state index contributed by atoms with van der Waals surface area (Å²) in [4.78, 5) is 26.0. The van der Waals surface area contributed by atoms with Crippen molar-refractivity contribution in [2.24, 2.45) is 0 Å². The first-order chi connectivity index (χ1) is 12.4. The van der Waals surface area contributed by atoms with E-state index in [1.165, 1.54) is 7.11 Å². The topological polar surface area (TPSA) is 67.9 Å². The van der Waals surface area contributed by atoms with E-state index in [1.807, 2.05) is 25.1 Å². The Bertz CT molecular complexity index is 899. The van der Waals surface area contributed by atoms with Gasteiger partial charge in [0.15, 0.2) is 5.72 Å². The van der Waals surface area contributed by atoms with E-state index in [0.717, 1.165) is 15.8 Å². The monoisotopic (exact) mass is 416 g/mol. The van der Waals surface area contributed by atoms with Gasteiger partial charge in [-0.15, -0.1) is 0 Å². The summed E-state index contributed by atoms with van der Waals surface area (Å²) in [5.74, 6) is 0.336. The average Bonchev–Trinajstić information content (AvgIpc) is 2.62. The van der Waals surface area contributed by atoms with E-state index in [9.17, 15) is 9.59 Å². The van der Waals surface area contributed by atoms with Crippen LogP contribution in [0.1, 0.15) is 35.3 Å². The molecule has 0 aliphatic carbocycles. The summed E-state index contributed by atoms with van der Waals surface area (Å²) in [6.07, 6.45) is 0.612. The van der Waals surface area contributed by atoms with Gasteiger partial charge in [0.2, 0.25) is 0 Å². The number of methoxy groups -OCH3 is 1. The zero-order valence-electron chi connectivity index (χ0n) is 14.3. The number of hydrogen-bond acceptors (Lipinski definition) is 4. The fraction of sp³-hybridized carbons (Fsp3) is 0.263. The fourth-order valence-electron chi connectivity index (χ4n) is 3.60. The van der Waals surface area contributed by atoms with Crippen molar-refractivity contribution in [2.45, 2.75) is 25.1 Å². The van der Waals surface area contributed by atoms with E-state index >= 15 is 0 Å². The lowest BCUT2D eigenvalue weighted by Gasteiger charge is -2.50. The van der Waals surface area contributed by atoms with Gasteiger partial charge in [0.05, 0.1) is 18.7 Å². The van der Waals surface area contributed by atoms with Crippen LogP contribution in [0.25, 0.3) is 0 Å². The summed E-state index contributed by atoms with van der Waals surface area (Å²) < 4.78 is 11.9. The number of nitrogens with one attached hydrogen (secondary N) is 1. The molecule has 26 heavy (non-hydrogen) atoms. The first-order valence-electron chi connectivity index (χ1n) is 8.19. The second-order valence-corrected chi connectivity index (χ2v) is 7.45. The van der Waals surface area contributed by atoms with Gasteiger partial charge < -0.3 is 14.8 Å². The maximum Gasteiger partial charge on any atom is 0.337 e. The van der Waals surface area contributed by atoms with Crippen LogP contribution in [0.2, 0.25) is 0 Å². The number of carbonyl (C=O) groups is 2. The minimum atomic E-state index is -0.819. The molecule has 134 valence electrons. The van der Waals surface area contributed by atoms with Gasteiger partial charge in [-0.05, 0) is 49.4 Å². The summed E-state index contributed by atoms with van der Waals surface area (Å²) >= 11 is 3.47. The number of ether oxygens (including phenoxy) is 2. The van der Waals surface area contributed by atoms with Gasteiger partial charge in [0, 0.05) is 22.1 Å². The first kappa shape index (κ1) is 16.9. The van der Waals surface area contributed by atoms with Gasteiger partial charge in [-0.25, -0.2) is 9.59 Å². The molecule has 2 amide bonds. The van der Waals surface area contributed by atoms with Crippen molar-refractivity contribution in [3.63, 3.8) is 0 Å². The van der Waals surface area contributed by atoms with Crippen LogP contribution in [0, 0.1) is 0 Å². The maximum atomic E-state index is 12.8. The Balaban J connectivity index is 1.71. The quantitative estimate of drug-likeness (QED) is 0.751. The smallest absolute Gasteiger partial charge is 0.337 e. The van der Waals surface area contributed by atoms with Crippen molar-refractivity contribution in [3.8, 4) is 5.75 Å². The molecule has 2 aliphatic rings. The first-order valence-corrected chi connectivity index (χ1v) is 8.98. The van der Waals surface area contributed by atoms with Crippen molar-refractivity contribution < 1.29 is 19.1 Å². The molecule has 2 aromatic rings. The highest BCUT2D eigenvalue weighted by Gasteiger charge is 2.49. The number of nitrogens with zero attached hydrogens (tertiary/aromatic N) is 1. The number of halogens is 1. The molecule has 4 rings (SSSR count). The number of amides is 2. The second kappa shape index (κ2) is 6.02. The van der Waals surface area contributed by atoms with Gasteiger partial charge in [-0.3, -0.25) is 4.90 Å². The largest absolute Gasteiger partial charge is 0.467 e. The predicted molar refractivity (Wildman–Crippen MR) is 99.3 cm³/mol.